The molecule has 2 aromatic heterocycles. The van der Waals surface area contributed by atoms with Crippen molar-refractivity contribution in [2.45, 2.75) is 6.42 Å². The molecule has 124 valence electrons. The third-order valence-corrected chi connectivity index (χ3v) is 3.27. The zero-order chi connectivity index (χ0) is 16.9. The van der Waals surface area contributed by atoms with Crippen LogP contribution in [0.2, 0.25) is 0 Å². The summed E-state index contributed by atoms with van der Waals surface area (Å²) in [5.41, 5.74) is 1.27. The molecule has 0 saturated carbocycles. The fraction of sp³-hybridized carbons (Fsp3) is 0.188. The molecule has 0 fully saturated rings. The topological polar surface area (TPSA) is 99.6 Å². The van der Waals surface area contributed by atoms with Crippen molar-refractivity contribution in [1.29, 1.82) is 0 Å². The number of hydrogen-bond acceptors (Lipinski definition) is 7. The molecule has 0 bridgehead atoms. The number of ether oxygens (including phenoxy) is 2. The van der Waals surface area contributed by atoms with E-state index in [-0.39, 0.29) is 12.3 Å². The second-order valence-electron chi connectivity index (χ2n) is 4.86. The van der Waals surface area contributed by atoms with Gasteiger partial charge in [-0.3, -0.25) is 4.79 Å². The van der Waals surface area contributed by atoms with Gasteiger partial charge in [-0.05, 0) is 18.2 Å². The number of carbonyl (C=O) groups is 1. The monoisotopic (exact) mass is 329 g/mol. The van der Waals surface area contributed by atoms with Gasteiger partial charge in [-0.15, -0.1) is 0 Å². The first-order valence-corrected chi connectivity index (χ1v) is 7.08. The minimum Gasteiger partial charge on any atom is -0.493 e. The van der Waals surface area contributed by atoms with Gasteiger partial charge in [0.2, 0.25) is 5.91 Å². The summed E-state index contributed by atoms with van der Waals surface area (Å²) in [6.45, 7) is 0. The number of nitrogens with zero attached hydrogens (tertiary/aromatic N) is 2. The summed E-state index contributed by atoms with van der Waals surface area (Å²) in [7, 11) is 3.12. The Hall–Kier alpha value is -3.29. The number of amides is 1. The van der Waals surface area contributed by atoms with Crippen LogP contribution < -0.4 is 14.8 Å². The minimum absolute atomic E-state index is 0.0592. The fourth-order valence-corrected chi connectivity index (χ4v) is 2.15. The van der Waals surface area contributed by atoms with Crippen LogP contribution in [-0.2, 0) is 11.2 Å². The maximum atomic E-state index is 11.9. The van der Waals surface area contributed by atoms with Crippen LogP contribution in [0.1, 0.15) is 5.69 Å². The molecular formula is C16H15N3O5. The van der Waals surface area contributed by atoms with Crippen LogP contribution in [-0.4, -0.2) is 30.4 Å². The van der Waals surface area contributed by atoms with Crippen LogP contribution in [0.4, 0.5) is 5.82 Å². The lowest BCUT2D eigenvalue weighted by molar-refractivity contribution is -0.115. The Morgan fingerprint density at radius 3 is 2.67 bits per heavy atom. The third kappa shape index (κ3) is 3.37. The summed E-state index contributed by atoms with van der Waals surface area (Å²) in [4.78, 5) is 11.9. The summed E-state index contributed by atoms with van der Waals surface area (Å²) < 4.78 is 20.4. The Balaban J connectivity index is 1.72. The Bertz CT molecular complexity index is 826. The van der Waals surface area contributed by atoms with Crippen LogP contribution in [0.3, 0.4) is 0 Å². The predicted molar refractivity (Wildman–Crippen MR) is 83.9 cm³/mol. The first-order chi connectivity index (χ1) is 11.7. The molecule has 0 aliphatic heterocycles. The smallest absolute Gasteiger partial charge is 0.231 e. The second-order valence-corrected chi connectivity index (χ2v) is 4.86. The molecule has 0 unspecified atom stereocenters. The van der Waals surface area contributed by atoms with E-state index in [9.17, 15) is 4.79 Å². The van der Waals surface area contributed by atoms with Crippen molar-refractivity contribution in [2.24, 2.45) is 0 Å². The molecule has 1 N–H and O–H groups in total. The van der Waals surface area contributed by atoms with Crippen molar-refractivity contribution < 1.29 is 23.3 Å². The zero-order valence-corrected chi connectivity index (χ0v) is 13.1. The molecule has 2 heterocycles. The van der Waals surface area contributed by atoms with E-state index in [4.69, 9.17) is 14.0 Å². The average Bonchev–Trinajstić information content (AvgIpc) is 3.26. The minimum atomic E-state index is -0.268. The summed E-state index contributed by atoms with van der Waals surface area (Å²) in [6.07, 6.45) is 1.44. The van der Waals surface area contributed by atoms with Crippen LogP contribution in [0.25, 0.3) is 11.3 Å². The first kappa shape index (κ1) is 15.6. The molecule has 0 aliphatic rings. The van der Waals surface area contributed by atoms with Gasteiger partial charge >= 0.3 is 0 Å². The van der Waals surface area contributed by atoms with Gasteiger partial charge in [0.25, 0.3) is 0 Å². The first-order valence-electron chi connectivity index (χ1n) is 7.08. The molecule has 8 nitrogen and oxygen atoms in total. The lowest BCUT2D eigenvalue weighted by atomic mass is 10.1. The Labute approximate surface area is 137 Å². The third-order valence-electron chi connectivity index (χ3n) is 3.27. The number of hydrogen-bond donors (Lipinski definition) is 1. The van der Waals surface area contributed by atoms with Crippen LogP contribution in [0, 0.1) is 0 Å². The Morgan fingerprint density at radius 2 is 1.96 bits per heavy atom. The van der Waals surface area contributed by atoms with Gasteiger partial charge in [0.05, 0.1) is 26.3 Å². The highest BCUT2D eigenvalue weighted by atomic mass is 16.5. The summed E-state index contributed by atoms with van der Waals surface area (Å²) in [5, 5.41) is 10.1. The van der Waals surface area contributed by atoms with Crippen molar-refractivity contribution in [1.82, 2.24) is 10.3 Å². The molecule has 24 heavy (non-hydrogen) atoms. The quantitative estimate of drug-likeness (QED) is 0.741. The standard InChI is InChI=1S/C16H15N3O5/c1-21-12-4-3-10(7-14(12)22-2)13-8-11(18-24-13)9-16(20)17-15-5-6-23-19-15/h3-8H,9H2,1-2H3,(H,17,19,20). The number of methoxy groups -OCH3 is 2. The number of anilines is 1. The van der Waals surface area contributed by atoms with E-state index in [1.54, 1.807) is 38.5 Å². The molecule has 0 aliphatic carbocycles. The number of nitrogens with one attached hydrogen (secondary N) is 1. The van der Waals surface area contributed by atoms with Crippen molar-refractivity contribution in [3.8, 4) is 22.8 Å². The maximum absolute atomic E-state index is 11.9. The van der Waals surface area contributed by atoms with Crippen molar-refractivity contribution in [3.63, 3.8) is 0 Å². The predicted octanol–water partition coefficient (Wildman–Crippen LogP) is 2.53. The molecule has 3 rings (SSSR count). The summed E-state index contributed by atoms with van der Waals surface area (Å²) >= 11 is 0. The number of benzene rings is 1. The maximum Gasteiger partial charge on any atom is 0.231 e. The molecule has 1 amide bonds. The van der Waals surface area contributed by atoms with E-state index >= 15 is 0 Å². The van der Waals surface area contributed by atoms with Crippen LogP contribution in [0.15, 0.2) is 45.6 Å². The van der Waals surface area contributed by atoms with E-state index < -0.39 is 0 Å². The fourth-order valence-electron chi connectivity index (χ4n) is 2.15. The molecular weight excluding hydrogens is 314 g/mol. The highest BCUT2D eigenvalue weighted by Gasteiger charge is 2.13. The van der Waals surface area contributed by atoms with E-state index in [0.29, 0.717) is 28.8 Å². The van der Waals surface area contributed by atoms with E-state index in [2.05, 4.69) is 20.2 Å². The van der Waals surface area contributed by atoms with Crippen LogP contribution >= 0.6 is 0 Å². The zero-order valence-electron chi connectivity index (χ0n) is 13.1. The normalized spacial score (nSPS) is 10.4. The summed E-state index contributed by atoms with van der Waals surface area (Å²) in [6, 6.07) is 8.62. The largest absolute Gasteiger partial charge is 0.493 e. The lowest BCUT2D eigenvalue weighted by Crippen LogP contribution is -2.14. The van der Waals surface area contributed by atoms with Gasteiger partial charge in [0.15, 0.2) is 23.1 Å². The van der Waals surface area contributed by atoms with Gasteiger partial charge in [-0.25, -0.2) is 0 Å². The highest BCUT2D eigenvalue weighted by Crippen LogP contribution is 2.32. The second kappa shape index (κ2) is 6.86. The van der Waals surface area contributed by atoms with Crippen molar-refractivity contribution in [3.05, 3.63) is 42.3 Å². The average molecular weight is 329 g/mol. The summed E-state index contributed by atoms with van der Waals surface area (Å²) in [5.74, 6) is 1.81. The molecule has 1 aromatic carbocycles. The molecule has 0 saturated heterocycles. The van der Waals surface area contributed by atoms with Crippen LogP contribution in [0.5, 0.6) is 11.5 Å². The molecule has 8 heteroatoms. The molecule has 0 spiro atoms. The van der Waals surface area contributed by atoms with Gasteiger partial charge in [0.1, 0.15) is 6.26 Å². The van der Waals surface area contributed by atoms with E-state index in [1.165, 1.54) is 6.26 Å². The van der Waals surface area contributed by atoms with Gasteiger partial charge in [0, 0.05) is 17.7 Å². The number of carbonyl (C=O) groups excluding carboxylic acids is 1. The van der Waals surface area contributed by atoms with Crippen molar-refractivity contribution in [2.75, 3.05) is 19.5 Å². The molecule has 0 radical (unpaired) electrons. The number of rotatable bonds is 6. The van der Waals surface area contributed by atoms with Gasteiger partial charge in [-0.1, -0.05) is 10.3 Å². The highest BCUT2D eigenvalue weighted by molar-refractivity contribution is 5.91. The lowest BCUT2D eigenvalue weighted by Gasteiger charge is -2.07. The SMILES string of the molecule is COc1ccc(-c2cc(CC(=O)Nc3ccon3)no2)cc1OC. The van der Waals surface area contributed by atoms with Gasteiger partial charge < -0.3 is 23.8 Å². The van der Waals surface area contributed by atoms with Crippen molar-refractivity contribution >= 4 is 11.7 Å². The molecule has 3 aromatic rings. The number of aromatic nitrogens is 2. The van der Waals surface area contributed by atoms with Gasteiger partial charge in [-0.2, -0.15) is 0 Å². The van der Waals surface area contributed by atoms with E-state index in [1.807, 2.05) is 6.07 Å². The Morgan fingerprint density at radius 1 is 1.12 bits per heavy atom. The molecule has 0 atom stereocenters. The Kier molecular flexibility index (Phi) is 4.46. The van der Waals surface area contributed by atoms with E-state index in [0.717, 1.165) is 5.56 Å².